The maximum absolute atomic E-state index is 12.3. The zero-order valence-corrected chi connectivity index (χ0v) is 15.6. The van der Waals surface area contributed by atoms with E-state index < -0.39 is 11.8 Å². The topological polar surface area (TPSA) is 97.6 Å². The van der Waals surface area contributed by atoms with Crippen LogP contribution in [0.1, 0.15) is 39.8 Å². The number of amides is 2. The lowest BCUT2D eigenvalue weighted by atomic mass is 10.1. The van der Waals surface area contributed by atoms with Crippen molar-refractivity contribution in [2.45, 2.75) is 20.3 Å². The van der Waals surface area contributed by atoms with Crippen LogP contribution in [0.25, 0.3) is 11.0 Å². The number of para-hydroxylation sites is 1. The number of nitrogens with one attached hydrogen (secondary N) is 2. The van der Waals surface area contributed by atoms with Gasteiger partial charge in [-0.05, 0) is 37.3 Å². The number of aryl methyl sites for hydroxylation is 1. The third kappa shape index (κ3) is 4.20. The summed E-state index contributed by atoms with van der Waals surface area (Å²) >= 11 is 0. The van der Waals surface area contributed by atoms with Crippen LogP contribution in [0.3, 0.4) is 0 Å². The molecule has 2 aromatic carbocycles. The SMILES string of the molecule is CCC(=O)c1ccc(OCC(=O)NNC(=O)c2oc3ccccc3c2C)cc1. The van der Waals surface area contributed by atoms with E-state index in [0.29, 0.717) is 28.9 Å². The highest BCUT2D eigenvalue weighted by Gasteiger charge is 2.17. The number of hydrazine groups is 1. The van der Waals surface area contributed by atoms with Crippen LogP contribution in [-0.4, -0.2) is 24.2 Å². The maximum atomic E-state index is 12.3. The molecule has 0 aliphatic carbocycles. The Balaban J connectivity index is 1.51. The number of hydrogen-bond donors (Lipinski definition) is 2. The summed E-state index contributed by atoms with van der Waals surface area (Å²) in [5, 5.41) is 0.840. The number of ketones is 1. The molecule has 28 heavy (non-hydrogen) atoms. The number of furan rings is 1. The first kappa shape index (κ1) is 19.2. The van der Waals surface area contributed by atoms with Crippen LogP contribution in [0.2, 0.25) is 0 Å². The van der Waals surface area contributed by atoms with Crippen molar-refractivity contribution in [3.05, 3.63) is 65.4 Å². The molecular formula is C21H20N2O5. The molecule has 7 nitrogen and oxygen atoms in total. The number of hydrogen-bond acceptors (Lipinski definition) is 5. The van der Waals surface area contributed by atoms with Crippen LogP contribution >= 0.6 is 0 Å². The van der Waals surface area contributed by atoms with E-state index >= 15 is 0 Å². The summed E-state index contributed by atoms with van der Waals surface area (Å²) in [5.74, 6) is -0.464. The van der Waals surface area contributed by atoms with Gasteiger partial charge in [-0.25, -0.2) is 0 Å². The number of carbonyl (C=O) groups excluding carboxylic acids is 3. The van der Waals surface area contributed by atoms with E-state index in [4.69, 9.17) is 9.15 Å². The Kier molecular flexibility index (Phi) is 5.74. The van der Waals surface area contributed by atoms with E-state index in [2.05, 4.69) is 10.9 Å². The largest absolute Gasteiger partial charge is 0.484 e. The summed E-state index contributed by atoms with van der Waals surface area (Å²) in [6.45, 7) is 3.28. The van der Waals surface area contributed by atoms with Crippen molar-refractivity contribution in [3.63, 3.8) is 0 Å². The molecule has 0 fully saturated rings. The fourth-order valence-electron chi connectivity index (χ4n) is 2.70. The number of rotatable bonds is 6. The first-order valence-corrected chi connectivity index (χ1v) is 8.83. The Hall–Kier alpha value is -3.61. The first-order valence-electron chi connectivity index (χ1n) is 8.83. The normalized spacial score (nSPS) is 10.5. The highest BCUT2D eigenvalue weighted by atomic mass is 16.5. The maximum Gasteiger partial charge on any atom is 0.305 e. The summed E-state index contributed by atoms with van der Waals surface area (Å²) < 4.78 is 10.9. The molecule has 1 aromatic heterocycles. The van der Waals surface area contributed by atoms with Gasteiger partial charge in [0.05, 0.1) is 0 Å². The van der Waals surface area contributed by atoms with Gasteiger partial charge in [0.2, 0.25) is 0 Å². The summed E-state index contributed by atoms with van der Waals surface area (Å²) in [7, 11) is 0. The van der Waals surface area contributed by atoms with Gasteiger partial charge < -0.3 is 9.15 Å². The molecule has 0 unspecified atom stereocenters. The zero-order valence-electron chi connectivity index (χ0n) is 15.6. The van der Waals surface area contributed by atoms with Crippen LogP contribution < -0.4 is 15.6 Å². The predicted octanol–water partition coefficient (Wildman–Crippen LogP) is 3.17. The molecule has 3 aromatic rings. The Bertz CT molecular complexity index is 1020. The van der Waals surface area contributed by atoms with Gasteiger partial charge in [-0.15, -0.1) is 0 Å². The minimum absolute atomic E-state index is 0.0351. The summed E-state index contributed by atoms with van der Waals surface area (Å²) in [6.07, 6.45) is 0.424. The molecule has 2 N–H and O–H groups in total. The third-order valence-corrected chi connectivity index (χ3v) is 4.23. The van der Waals surface area contributed by atoms with Crippen molar-refractivity contribution in [1.29, 1.82) is 0 Å². The molecule has 2 amide bonds. The van der Waals surface area contributed by atoms with Gasteiger partial charge in [-0.3, -0.25) is 25.2 Å². The van der Waals surface area contributed by atoms with E-state index in [1.807, 2.05) is 18.2 Å². The number of carbonyl (C=O) groups is 3. The van der Waals surface area contributed by atoms with Crippen LogP contribution in [0.5, 0.6) is 5.75 Å². The quantitative estimate of drug-likeness (QED) is 0.506. The molecule has 0 saturated heterocycles. The molecule has 1 heterocycles. The molecule has 0 saturated carbocycles. The van der Waals surface area contributed by atoms with Gasteiger partial charge >= 0.3 is 5.91 Å². The Labute approximate surface area is 161 Å². The summed E-state index contributed by atoms with van der Waals surface area (Å²) in [6, 6.07) is 13.8. The Morgan fingerprint density at radius 2 is 1.71 bits per heavy atom. The summed E-state index contributed by atoms with van der Waals surface area (Å²) in [5.41, 5.74) is 6.48. The molecule has 0 radical (unpaired) electrons. The average molecular weight is 380 g/mol. The van der Waals surface area contributed by atoms with Crippen LogP contribution in [0.4, 0.5) is 0 Å². The van der Waals surface area contributed by atoms with E-state index in [0.717, 1.165) is 5.39 Å². The highest BCUT2D eigenvalue weighted by molar-refractivity contribution is 5.99. The average Bonchev–Trinajstić information content (AvgIpc) is 3.07. The molecule has 0 atom stereocenters. The van der Waals surface area contributed by atoms with Crippen molar-refractivity contribution in [2.75, 3.05) is 6.61 Å². The fourth-order valence-corrected chi connectivity index (χ4v) is 2.70. The van der Waals surface area contributed by atoms with E-state index in [-0.39, 0.29) is 18.2 Å². The van der Waals surface area contributed by atoms with Crippen LogP contribution in [0, 0.1) is 6.92 Å². The van der Waals surface area contributed by atoms with Crippen molar-refractivity contribution in [2.24, 2.45) is 0 Å². The standard InChI is InChI=1S/C21H20N2O5/c1-3-17(24)14-8-10-15(11-9-14)27-12-19(25)22-23-21(26)20-13(2)16-6-4-5-7-18(16)28-20/h4-11H,3,12H2,1-2H3,(H,22,25)(H,23,26). The second-order valence-corrected chi connectivity index (χ2v) is 6.14. The van der Waals surface area contributed by atoms with Gasteiger partial charge in [-0.1, -0.05) is 25.1 Å². The highest BCUT2D eigenvalue weighted by Crippen LogP contribution is 2.24. The molecule has 0 aliphatic rings. The number of fused-ring (bicyclic) bond motifs is 1. The van der Waals surface area contributed by atoms with Gasteiger partial charge in [0.15, 0.2) is 18.2 Å². The van der Waals surface area contributed by atoms with Gasteiger partial charge in [-0.2, -0.15) is 0 Å². The van der Waals surface area contributed by atoms with Crippen molar-refractivity contribution in [3.8, 4) is 5.75 Å². The first-order chi connectivity index (χ1) is 13.5. The molecule has 7 heteroatoms. The smallest absolute Gasteiger partial charge is 0.305 e. The molecule has 0 spiro atoms. The number of benzene rings is 2. The fraction of sp³-hybridized carbons (Fsp3) is 0.190. The van der Waals surface area contributed by atoms with E-state index in [9.17, 15) is 14.4 Å². The van der Waals surface area contributed by atoms with Crippen molar-refractivity contribution in [1.82, 2.24) is 10.9 Å². The Morgan fingerprint density at radius 1 is 1.00 bits per heavy atom. The predicted molar refractivity (Wildman–Crippen MR) is 103 cm³/mol. The monoisotopic (exact) mass is 380 g/mol. The van der Waals surface area contributed by atoms with Crippen molar-refractivity contribution < 1.29 is 23.5 Å². The lowest BCUT2D eigenvalue weighted by Gasteiger charge is -2.08. The minimum atomic E-state index is -0.551. The summed E-state index contributed by atoms with van der Waals surface area (Å²) in [4.78, 5) is 35.7. The number of ether oxygens (including phenoxy) is 1. The van der Waals surface area contributed by atoms with Gasteiger partial charge in [0.25, 0.3) is 5.91 Å². The molecule has 0 aliphatic heterocycles. The molecule has 0 bridgehead atoms. The third-order valence-electron chi connectivity index (χ3n) is 4.23. The van der Waals surface area contributed by atoms with Gasteiger partial charge in [0.1, 0.15) is 11.3 Å². The van der Waals surface area contributed by atoms with E-state index in [1.165, 1.54) is 0 Å². The lowest BCUT2D eigenvalue weighted by Crippen LogP contribution is -2.43. The second kappa shape index (κ2) is 8.39. The van der Waals surface area contributed by atoms with Gasteiger partial charge in [0, 0.05) is 22.9 Å². The zero-order chi connectivity index (χ0) is 20.1. The van der Waals surface area contributed by atoms with Crippen molar-refractivity contribution >= 4 is 28.6 Å². The Morgan fingerprint density at radius 3 is 2.39 bits per heavy atom. The second-order valence-electron chi connectivity index (χ2n) is 6.14. The van der Waals surface area contributed by atoms with Crippen LogP contribution in [0.15, 0.2) is 52.9 Å². The van der Waals surface area contributed by atoms with E-state index in [1.54, 1.807) is 44.2 Å². The number of Topliss-reactive ketones (excluding diaryl/α,β-unsaturated/α-hetero) is 1. The lowest BCUT2D eigenvalue weighted by molar-refractivity contribution is -0.123. The molecule has 3 rings (SSSR count). The minimum Gasteiger partial charge on any atom is -0.484 e. The molecule has 144 valence electrons. The van der Waals surface area contributed by atoms with Crippen LogP contribution in [-0.2, 0) is 4.79 Å². The molecular weight excluding hydrogens is 360 g/mol.